The van der Waals surface area contributed by atoms with Gasteiger partial charge in [-0.1, -0.05) is 27.7 Å². The molecule has 0 radical (unpaired) electrons. The zero-order valence-corrected chi connectivity index (χ0v) is 20.4. The molecule has 0 aliphatic heterocycles. The Morgan fingerprint density at radius 1 is 1.21 bits per heavy atom. The standard InChI is InChI=1S/C25H40O8/c1-6-13(2)25(31)33-21-9-14(3)24(30)19-12-20(28)15(4)18(23(19)21)8-7-16(26)10-17(27)11-22(29)32-5/h12-18,21,23-24,26-27,30H,6-11H2,1-5H3/t13-,14-,15-,16+,17+,18+,21+,23-,24-/m1/s1. The molecule has 188 valence electrons. The predicted molar refractivity (Wildman–Crippen MR) is 121 cm³/mol. The third kappa shape index (κ3) is 6.87. The molecule has 1 saturated carbocycles. The van der Waals surface area contributed by atoms with E-state index in [4.69, 9.17) is 4.74 Å². The lowest BCUT2D eigenvalue weighted by Crippen LogP contribution is -2.50. The number of carbonyl (C=O) groups is 3. The second kappa shape index (κ2) is 12.1. The van der Waals surface area contributed by atoms with Gasteiger partial charge in [-0.25, -0.2) is 0 Å². The van der Waals surface area contributed by atoms with Crippen molar-refractivity contribution in [3.63, 3.8) is 0 Å². The molecule has 9 atom stereocenters. The summed E-state index contributed by atoms with van der Waals surface area (Å²) in [6, 6.07) is 0. The number of hydrogen-bond donors (Lipinski definition) is 3. The van der Waals surface area contributed by atoms with E-state index < -0.39 is 30.4 Å². The van der Waals surface area contributed by atoms with Gasteiger partial charge >= 0.3 is 11.9 Å². The van der Waals surface area contributed by atoms with Crippen LogP contribution >= 0.6 is 0 Å². The van der Waals surface area contributed by atoms with Gasteiger partial charge in [0.2, 0.25) is 0 Å². The number of ketones is 1. The number of fused-ring (bicyclic) bond motifs is 1. The van der Waals surface area contributed by atoms with Crippen molar-refractivity contribution >= 4 is 17.7 Å². The summed E-state index contributed by atoms with van der Waals surface area (Å²) >= 11 is 0. The van der Waals surface area contributed by atoms with Crippen molar-refractivity contribution in [3.8, 4) is 0 Å². The molecule has 0 amide bonds. The molecule has 0 aromatic carbocycles. The molecular weight excluding hydrogens is 428 g/mol. The fourth-order valence-electron chi connectivity index (χ4n) is 5.06. The van der Waals surface area contributed by atoms with Gasteiger partial charge < -0.3 is 24.8 Å². The van der Waals surface area contributed by atoms with Crippen LogP contribution in [0.2, 0.25) is 0 Å². The lowest BCUT2D eigenvalue weighted by atomic mass is 9.61. The number of aliphatic hydroxyl groups is 3. The molecule has 2 aliphatic carbocycles. The van der Waals surface area contributed by atoms with Gasteiger partial charge in [0.25, 0.3) is 0 Å². The second-order valence-corrected chi connectivity index (χ2v) is 9.87. The van der Waals surface area contributed by atoms with Crippen LogP contribution in [-0.4, -0.2) is 64.6 Å². The smallest absolute Gasteiger partial charge is 0.308 e. The van der Waals surface area contributed by atoms with E-state index in [-0.39, 0.29) is 54.2 Å². The number of allylic oxidation sites excluding steroid dienone is 1. The van der Waals surface area contributed by atoms with Crippen LogP contribution in [-0.2, 0) is 23.9 Å². The molecule has 0 unspecified atom stereocenters. The quantitative estimate of drug-likeness (QED) is 0.416. The molecule has 1 fully saturated rings. The highest BCUT2D eigenvalue weighted by Gasteiger charge is 2.49. The minimum Gasteiger partial charge on any atom is -0.469 e. The van der Waals surface area contributed by atoms with E-state index in [1.165, 1.54) is 13.2 Å². The van der Waals surface area contributed by atoms with Crippen molar-refractivity contribution in [2.75, 3.05) is 7.11 Å². The average molecular weight is 469 g/mol. The minimum atomic E-state index is -1.02. The molecule has 0 aromatic heterocycles. The molecule has 0 spiro atoms. The molecule has 3 N–H and O–H groups in total. The van der Waals surface area contributed by atoms with Crippen LogP contribution in [0.4, 0.5) is 0 Å². The summed E-state index contributed by atoms with van der Waals surface area (Å²) in [7, 11) is 1.24. The predicted octanol–water partition coefficient (Wildman–Crippen LogP) is 2.18. The number of aliphatic hydroxyl groups excluding tert-OH is 3. The second-order valence-electron chi connectivity index (χ2n) is 9.87. The Balaban J connectivity index is 2.17. The molecule has 0 saturated heterocycles. The Labute approximate surface area is 196 Å². The lowest BCUT2D eigenvalue weighted by Gasteiger charge is -2.47. The van der Waals surface area contributed by atoms with Gasteiger partial charge in [0, 0.05) is 11.8 Å². The van der Waals surface area contributed by atoms with E-state index in [9.17, 15) is 29.7 Å². The fourth-order valence-corrected chi connectivity index (χ4v) is 5.06. The zero-order chi connectivity index (χ0) is 24.9. The van der Waals surface area contributed by atoms with Crippen LogP contribution in [0.1, 0.15) is 66.2 Å². The van der Waals surface area contributed by atoms with Gasteiger partial charge in [-0.3, -0.25) is 14.4 Å². The van der Waals surface area contributed by atoms with Gasteiger partial charge in [-0.15, -0.1) is 0 Å². The highest BCUT2D eigenvalue weighted by Crippen LogP contribution is 2.47. The number of esters is 2. The summed E-state index contributed by atoms with van der Waals surface area (Å²) < 4.78 is 10.5. The van der Waals surface area contributed by atoms with Gasteiger partial charge in [-0.05, 0) is 55.6 Å². The van der Waals surface area contributed by atoms with Crippen LogP contribution in [0.25, 0.3) is 0 Å². The molecule has 0 aromatic rings. The minimum absolute atomic E-state index is 0.0175. The Morgan fingerprint density at radius 3 is 2.48 bits per heavy atom. The van der Waals surface area contributed by atoms with Crippen molar-refractivity contribution < 1.29 is 39.2 Å². The van der Waals surface area contributed by atoms with Crippen LogP contribution in [0, 0.1) is 29.6 Å². The monoisotopic (exact) mass is 468 g/mol. The Morgan fingerprint density at radius 2 is 1.88 bits per heavy atom. The highest BCUT2D eigenvalue weighted by atomic mass is 16.5. The van der Waals surface area contributed by atoms with Gasteiger partial charge in [0.1, 0.15) is 6.10 Å². The van der Waals surface area contributed by atoms with Gasteiger partial charge in [0.15, 0.2) is 5.78 Å². The average Bonchev–Trinajstić information content (AvgIpc) is 2.76. The number of methoxy groups -OCH3 is 1. The van der Waals surface area contributed by atoms with Crippen molar-refractivity contribution in [2.24, 2.45) is 29.6 Å². The largest absolute Gasteiger partial charge is 0.469 e. The van der Waals surface area contributed by atoms with Gasteiger partial charge in [0.05, 0.1) is 37.8 Å². The third-order valence-corrected chi connectivity index (χ3v) is 7.42. The molecule has 2 rings (SSSR count). The van der Waals surface area contributed by atoms with Crippen LogP contribution in [0.3, 0.4) is 0 Å². The number of carbonyl (C=O) groups excluding carboxylic acids is 3. The Bertz CT molecular complexity index is 732. The zero-order valence-electron chi connectivity index (χ0n) is 20.4. The molecule has 2 aliphatic rings. The van der Waals surface area contributed by atoms with Gasteiger partial charge in [-0.2, -0.15) is 0 Å². The number of hydrogen-bond acceptors (Lipinski definition) is 8. The van der Waals surface area contributed by atoms with E-state index in [0.717, 1.165) is 0 Å². The first-order valence-electron chi connectivity index (χ1n) is 12.1. The SMILES string of the molecule is CC[C@@H](C)C(=O)O[C@H]1C[C@@H](C)[C@@H](O)C2=CC(=O)[C@H](C)[C@H](CC[C@H](O)C[C@H](O)CC(=O)OC)[C@H]21. The van der Waals surface area contributed by atoms with E-state index in [1.54, 1.807) is 0 Å². The lowest BCUT2D eigenvalue weighted by molar-refractivity contribution is -0.162. The summed E-state index contributed by atoms with van der Waals surface area (Å²) in [4.78, 5) is 36.6. The number of ether oxygens (including phenoxy) is 2. The van der Waals surface area contributed by atoms with Crippen molar-refractivity contribution in [3.05, 3.63) is 11.6 Å². The summed E-state index contributed by atoms with van der Waals surface area (Å²) in [5.74, 6) is -2.16. The third-order valence-electron chi connectivity index (χ3n) is 7.42. The normalized spacial score (nSPS) is 32.2. The fraction of sp³-hybridized carbons (Fsp3) is 0.800. The van der Waals surface area contributed by atoms with E-state index in [0.29, 0.717) is 31.3 Å². The molecule has 8 nitrogen and oxygen atoms in total. The highest BCUT2D eigenvalue weighted by molar-refractivity contribution is 5.93. The van der Waals surface area contributed by atoms with E-state index in [2.05, 4.69) is 4.74 Å². The maximum Gasteiger partial charge on any atom is 0.308 e. The summed E-state index contributed by atoms with van der Waals surface area (Å²) in [6.07, 6.45) is 0.165. The molecule has 8 heteroatoms. The summed E-state index contributed by atoms with van der Waals surface area (Å²) in [5.41, 5.74) is 0.615. The Kier molecular flexibility index (Phi) is 10.1. The topological polar surface area (TPSA) is 130 Å². The molecule has 0 bridgehead atoms. The molecule has 33 heavy (non-hydrogen) atoms. The van der Waals surface area contributed by atoms with E-state index >= 15 is 0 Å². The summed E-state index contributed by atoms with van der Waals surface area (Å²) in [6.45, 7) is 7.46. The first-order valence-corrected chi connectivity index (χ1v) is 12.1. The number of rotatable bonds is 10. The maximum absolute atomic E-state index is 12.7. The van der Waals surface area contributed by atoms with E-state index in [1.807, 2.05) is 27.7 Å². The first kappa shape index (κ1) is 27.5. The summed E-state index contributed by atoms with van der Waals surface area (Å²) in [5, 5.41) is 31.3. The van der Waals surface area contributed by atoms with Crippen LogP contribution in [0.15, 0.2) is 11.6 Å². The van der Waals surface area contributed by atoms with Crippen molar-refractivity contribution in [1.82, 2.24) is 0 Å². The molecular formula is C25H40O8. The maximum atomic E-state index is 12.7. The van der Waals surface area contributed by atoms with Crippen LogP contribution < -0.4 is 0 Å². The van der Waals surface area contributed by atoms with Crippen molar-refractivity contribution in [2.45, 2.75) is 90.6 Å². The first-order chi connectivity index (χ1) is 15.5. The van der Waals surface area contributed by atoms with Crippen LogP contribution in [0.5, 0.6) is 0 Å². The Hall–Kier alpha value is -1.77. The molecule has 0 heterocycles. The van der Waals surface area contributed by atoms with Crippen molar-refractivity contribution in [1.29, 1.82) is 0 Å².